The molecule has 0 spiro atoms. The van der Waals surface area contributed by atoms with E-state index in [2.05, 4.69) is 86.3 Å². The SMILES string of the molecule is CCN(CC)C1=NC(c2ccccc2)=S(Br)S1.[Br-].[Br][Ni+][Br]. The summed E-state index contributed by atoms with van der Waals surface area (Å²) in [6, 6.07) is 10.4. The van der Waals surface area contributed by atoms with Gasteiger partial charge in [-0.3, -0.25) is 0 Å². The summed E-state index contributed by atoms with van der Waals surface area (Å²) in [5.41, 5.74) is 1.21. The van der Waals surface area contributed by atoms with E-state index < -0.39 is 0 Å². The molecule has 0 aliphatic carbocycles. The Morgan fingerprint density at radius 2 is 1.71 bits per heavy atom. The van der Waals surface area contributed by atoms with Gasteiger partial charge in [0.2, 0.25) is 0 Å². The van der Waals surface area contributed by atoms with Crippen LogP contribution < -0.4 is 17.0 Å². The number of halogens is 4. The summed E-state index contributed by atoms with van der Waals surface area (Å²) in [7, 11) is 3.04. The molecule has 1 aliphatic rings. The second kappa shape index (κ2) is 13.0. The molecular formula is C12H15Br4N2NiS2. The van der Waals surface area contributed by atoms with Gasteiger partial charge in [-0.15, -0.1) is 0 Å². The average Bonchev–Trinajstić information content (AvgIpc) is 2.84. The molecule has 0 amide bonds. The first-order chi connectivity index (χ1) is 9.67. The first-order valence-corrected chi connectivity index (χ1v) is 15.1. The molecule has 0 N–H and O–H groups in total. The van der Waals surface area contributed by atoms with Crippen molar-refractivity contribution in [3.05, 3.63) is 35.9 Å². The standard InChI is InChI=1S/C12H15BrN2S2.3BrH.Ni/c1-3-15(4-2)12-14-11(17(13)16-12)10-8-6-5-7-9-10;;;;/h5-9H,3-4H2,1-2H3;3*1H;/q;;;;+3/p-3. The Balaban J connectivity index is 0.000000922. The molecule has 1 atom stereocenters. The fraction of sp³-hybridized carbons (Fsp3) is 0.333. The Kier molecular flexibility index (Phi) is 14.1. The van der Waals surface area contributed by atoms with Gasteiger partial charge in [0.15, 0.2) is 5.17 Å². The predicted molar refractivity (Wildman–Crippen MR) is 103 cm³/mol. The van der Waals surface area contributed by atoms with E-state index in [0.29, 0.717) is 0 Å². The van der Waals surface area contributed by atoms with E-state index in [1.807, 2.05) is 16.9 Å². The van der Waals surface area contributed by atoms with Gasteiger partial charge in [-0.1, -0.05) is 30.3 Å². The summed E-state index contributed by atoms with van der Waals surface area (Å²) in [6.45, 7) is 6.35. The maximum absolute atomic E-state index is 4.77. The monoisotopic (exact) mass is 625 g/mol. The molecule has 21 heavy (non-hydrogen) atoms. The average molecular weight is 630 g/mol. The van der Waals surface area contributed by atoms with Crippen molar-refractivity contribution < 1.29 is 27.9 Å². The third-order valence-corrected chi connectivity index (χ3v) is 7.30. The first kappa shape index (κ1) is 22.7. The molecule has 1 aliphatic heterocycles. The van der Waals surface area contributed by atoms with Crippen LogP contribution in [0.3, 0.4) is 0 Å². The summed E-state index contributed by atoms with van der Waals surface area (Å²) >= 11 is 9.72. The molecule has 2 nitrogen and oxygen atoms in total. The van der Waals surface area contributed by atoms with Gasteiger partial charge in [0.1, 0.15) is 4.99 Å². The minimum absolute atomic E-state index is 0. The molecule has 1 heterocycles. The zero-order valence-corrected chi connectivity index (χ0v) is 20.3. The van der Waals surface area contributed by atoms with Crippen molar-refractivity contribution in [2.75, 3.05) is 13.1 Å². The topological polar surface area (TPSA) is 15.6 Å². The molecule has 1 aromatic rings. The second-order valence-corrected chi connectivity index (χ2v) is 14.7. The number of hydrogen-bond donors (Lipinski definition) is 0. The molecular weight excluding hydrogens is 615 g/mol. The van der Waals surface area contributed by atoms with Crippen molar-refractivity contribution in [2.45, 2.75) is 13.8 Å². The van der Waals surface area contributed by atoms with Gasteiger partial charge in [0, 0.05) is 18.7 Å². The molecule has 0 fully saturated rings. The van der Waals surface area contributed by atoms with E-state index in [1.165, 1.54) is 16.5 Å². The van der Waals surface area contributed by atoms with Crippen LogP contribution in [0.25, 0.3) is 0 Å². The normalized spacial score (nSPS) is 16.7. The maximum atomic E-state index is 4.77. The van der Waals surface area contributed by atoms with Crippen molar-refractivity contribution in [1.29, 1.82) is 0 Å². The van der Waals surface area contributed by atoms with Crippen molar-refractivity contribution in [3.63, 3.8) is 0 Å². The molecule has 0 radical (unpaired) electrons. The molecule has 1 unspecified atom stereocenters. The van der Waals surface area contributed by atoms with Crippen molar-refractivity contribution in [2.24, 2.45) is 4.99 Å². The summed E-state index contributed by atoms with van der Waals surface area (Å²) in [4.78, 5) is 8.21. The Bertz CT molecular complexity index is 481. The molecule has 9 heteroatoms. The fourth-order valence-corrected chi connectivity index (χ4v) is 6.14. The van der Waals surface area contributed by atoms with Gasteiger partial charge in [-0.2, -0.15) is 0 Å². The van der Waals surface area contributed by atoms with Crippen molar-refractivity contribution in [1.82, 2.24) is 4.90 Å². The van der Waals surface area contributed by atoms with E-state index in [1.54, 1.807) is 0 Å². The Morgan fingerprint density at radius 1 is 1.19 bits per heavy atom. The molecule has 123 valence electrons. The van der Waals surface area contributed by atoms with Gasteiger partial charge in [-0.05, 0) is 47.4 Å². The van der Waals surface area contributed by atoms with Crippen LogP contribution in [0.4, 0.5) is 0 Å². The van der Waals surface area contributed by atoms with E-state index in [0.717, 1.165) is 23.2 Å². The van der Waals surface area contributed by atoms with Crippen molar-refractivity contribution in [3.8, 4) is 0 Å². The quantitative estimate of drug-likeness (QED) is 0.291. The number of amidine groups is 1. The van der Waals surface area contributed by atoms with Gasteiger partial charge in [0.05, 0.1) is 0 Å². The molecule has 1 aromatic carbocycles. The predicted octanol–water partition coefficient (Wildman–Crippen LogP) is 2.80. The summed E-state index contributed by atoms with van der Waals surface area (Å²) in [6.07, 6.45) is 0. The van der Waals surface area contributed by atoms with E-state index in [9.17, 15) is 0 Å². The Morgan fingerprint density at radius 3 is 2.19 bits per heavy atom. The first-order valence-electron chi connectivity index (χ1n) is 5.85. The van der Waals surface area contributed by atoms with Crippen molar-refractivity contribution >= 4 is 72.2 Å². The Hall–Kier alpha value is 1.67. The Labute approximate surface area is 171 Å². The van der Waals surface area contributed by atoms with Crippen LogP contribution in [-0.4, -0.2) is 28.1 Å². The summed E-state index contributed by atoms with van der Waals surface area (Å²) < 4.78 is 0. The number of benzene rings is 1. The second-order valence-electron chi connectivity index (χ2n) is 3.59. The van der Waals surface area contributed by atoms with E-state index in [-0.39, 0.29) is 24.9 Å². The van der Waals surface area contributed by atoms with E-state index in [4.69, 9.17) is 4.99 Å². The zero-order valence-electron chi connectivity index (χ0n) is 11.3. The minimum atomic E-state index is -0.0150. The third-order valence-electron chi connectivity index (χ3n) is 2.55. The van der Waals surface area contributed by atoms with Crippen LogP contribution in [0, 0.1) is 0 Å². The van der Waals surface area contributed by atoms with Crippen LogP contribution in [0.1, 0.15) is 19.4 Å². The molecule has 0 saturated carbocycles. The van der Waals surface area contributed by atoms with Crippen LogP contribution >= 0.6 is 62.0 Å². The van der Waals surface area contributed by atoms with Crippen LogP contribution in [-0.2, 0) is 10.9 Å². The summed E-state index contributed by atoms with van der Waals surface area (Å²) in [5.74, 6) is 0. The van der Waals surface area contributed by atoms with E-state index >= 15 is 0 Å². The number of aliphatic imine (C=N–C) groups is 1. The third kappa shape index (κ3) is 7.40. The van der Waals surface area contributed by atoms with Gasteiger partial charge in [-0.25, -0.2) is 4.99 Å². The van der Waals surface area contributed by atoms with Gasteiger partial charge in [0.25, 0.3) is 0 Å². The molecule has 2 rings (SSSR count). The number of nitrogens with zero attached hydrogens (tertiary/aromatic N) is 2. The molecule has 0 aromatic heterocycles. The van der Waals surface area contributed by atoms with Gasteiger partial charge < -0.3 is 21.9 Å². The fourth-order valence-electron chi connectivity index (χ4n) is 1.60. The number of rotatable bonds is 3. The van der Waals surface area contributed by atoms with Gasteiger partial charge >= 0.3 is 39.3 Å². The molecule has 0 saturated heterocycles. The van der Waals surface area contributed by atoms with Crippen LogP contribution in [0.5, 0.6) is 0 Å². The molecule has 0 bridgehead atoms. The zero-order chi connectivity index (χ0) is 15.0. The van der Waals surface area contributed by atoms with Crippen LogP contribution in [0.15, 0.2) is 35.3 Å². The van der Waals surface area contributed by atoms with Crippen LogP contribution in [0.2, 0.25) is 0 Å². The summed E-state index contributed by atoms with van der Waals surface area (Å²) in [5, 5.41) is 1.13. The number of hydrogen-bond acceptors (Lipinski definition) is 3.